The molecule has 116 valence electrons. The molecule has 7 heteroatoms. The van der Waals surface area contributed by atoms with E-state index in [1.54, 1.807) is 6.07 Å². The van der Waals surface area contributed by atoms with Crippen LogP contribution in [0, 0.1) is 0 Å². The number of aromatic carboxylic acids is 1. The first-order chi connectivity index (χ1) is 10.4. The van der Waals surface area contributed by atoms with E-state index in [0.29, 0.717) is 24.1 Å². The summed E-state index contributed by atoms with van der Waals surface area (Å²) in [5.74, 6) is -1.52. The Bertz CT molecular complexity index is 722. The van der Waals surface area contributed by atoms with Crippen LogP contribution in [0.4, 0.5) is 13.2 Å². The second kappa shape index (κ2) is 5.15. The zero-order valence-corrected chi connectivity index (χ0v) is 11.4. The Morgan fingerprint density at radius 3 is 2.73 bits per heavy atom. The molecule has 1 heterocycles. The van der Waals surface area contributed by atoms with Crippen molar-refractivity contribution >= 4 is 5.97 Å². The Balaban J connectivity index is 1.99. The summed E-state index contributed by atoms with van der Waals surface area (Å²) < 4.78 is 39.4. The number of hydrogen-bond acceptors (Lipinski definition) is 2. The molecule has 1 unspecified atom stereocenters. The molecule has 1 aromatic carbocycles. The molecule has 1 aliphatic carbocycles. The van der Waals surface area contributed by atoms with Gasteiger partial charge < -0.3 is 5.11 Å². The van der Waals surface area contributed by atoms with Crippen molar-refractivity contribution in [3.8, 4) is 0 Å². The molecule has 0 saturated heterocycles. The Hall–Kier alpha value is -2.31. The van der Waals surface area contributed by atoms with Gasteiger partial charge in [0.05, 0.1) is 5.56 Å². The summed E-state index contributed by atoms with van der Waals surface area (Å²) >= 11 is 0. The minimum Gasteiger partial charge on any atom is -0.476 e. The fourth-order valence-corrected chi connectivity index (χ4v) is 3.05. The van der Waals surface area contributed by atoms with Crippen molar-refractivity contribution in [2.75, 3.05) is 0 Å². The summed E-state index contributed by atoms with van der Waals surface area (Å²) in [6.45, 7) is 0. The van der Waals surface area contributed by atoms with E-state index in [2.05, 4.69) is 10.2 Å². The maximum absolute atomic E-state index is 13.1. The lowest BCUT2D eigenvalue weighted by Crippen LogP contribution is -2.18. The van der Waals surface area contributed by atoms with Gasteiger partial charge in [-0.15, -0.1) is 0 Å². The van der Waals surface area contributed by atoms with Crippen LogP contribution in [0.15, 0.2) is 24.3 Å². The molecule has 1 aliphatic rings. The zero-order chi connectivity index (χ0) is 15.9. The predicted octanol–water partition coefficient (Wildman–Crippen LogP) is 3.40. The van der Waals surface area contributed by atoms with Gasteiger partial charge in [-0.05, 0) is 36.8 Å². The third kappa shape index (κ3) is 2.47. The number of nitrogens with one attached hydrogen (secondary N) is 1. The Kier molecular flexibility index (Phi) is 3.42. The van der Waals surface area contributed by atoms with Gasteiger partial charge >= 0.3 is 12.1 Å². The van der Waals surface area contributed by atoms with Gasteiger partial charge in [-0.3, -0.25) is 5.10 Å². The number of aromatic nitrogens is 2. The van der Waals surface area contributed by atoms with Crippen LogP contribution >= 0.6 is 0 Å². The summed E-state index contributed by atoms with van der Waals surface area (Å²) in [6, 6.07) is 5.48. The highest BCUT2D eigenvalue weighted by Crippen LogP contribution is 2.40. The van der Waals surface area contributed by atoms with Crippen molar-refractivity contribution in [1.29, 1.82) is 0 Å². The molecule has 0 amide bonds. The first-order valence-electron chi connectivity index (χ1n) is 6.83. The topological polar surface area (TPSA) is 66.0 Å². The highest BCUT2D eigenvalue weighted by atomic mass is 19.4. The maximum Gasteiger partial charge on any atom is 0.416 e. The first kappa shape index (κ1) is 14.6. The maximum atomic E-state index is 13.1. The molecule has 2 aromatic rings. The number of benzene rings is 1. The number of nitrogens with zero attached hydrogens (tertiary/aromatic N) is 1. The van der Waals surface area contributed by atoms with Gasteiger partial charge in [0.1, 0.15) is 0 Å². The van der Waals surface area contributed by atoms with Gasteiger partial charge in [-0.2, -0.15) is 18.3 Å². The highest BCUT2D eigenvalue weighted by molar-refractivity contribution is 5.87. The lowest BCUT2D eigenvalue weighted by atomic mass is 9.80. The summed E-state index contributed by atoms with van der Waals surface area (Å²) in [5.41, 5.74) is 0.699. The number of halogens is 3. The molecular formula is C15H13F3N2O2. The average Bonchev–Trinajstić information content (AvgIpc) is 2.89. The predicted molar refractivity (Wildman–Crippen MR) is 71.8 cm³/mol. The van der Waals surface area contributed by atoms with Gasteiger partial charge in [0.2, 0.25) is 0 Å². The molecule has 22 heavy (non-hydrogen) atoms. The van der Waals surface area contributed by atoms with Crippen LogP contribution < -0.4 is 0 Å². The van der Waals surface area contributed by atoms with Crippen LogP contribution in [0.2, 0.25) is 0 Å². The first-order valence-corrected chi connectivity index (χ1v) is 6.83. The highest BCUT2D eigenvalue weighted by Gasteiger charge is 2.36. The van der Waals surface area contributed by atoms with E-state index < -0.39 is 17.7 Å². The lowest BCUT2D eigenvalue weighted by Gasteiger charge is -2.25. The van der Waals surface area contributed by atoms with E-state index in [1.807, 2.05) is 0 Å². The number of hydrogen-bond donors (Lipinski definition) is 2. The molecule has 0 bridgehead atoms. The summed E-state index contributed by atoms with van der Waals surface area (Å²) in [6.07, 6.45) is -3.14. The lowest BCUT2D eigenvalue weighted by molar-refractivity contribution is -0.138. The molecule has 2 N–H and O–H groups in total. The quantitative estimate of drug-likeness (QED) is 0.893. The fraction of sp³-hybridized carbons (Fsp3) is 0.333. The van der Waals surface area contributed by atoms with Crippen molar-refractivity contribution < 1.29 is 23.1 Å². The minimum absolute atomic E-state index is 0.0933. The zero-order valence-electron chi connectivity index (χ0n) is 11.4. The minimum atomic E-state index is -4.41. The van der Waals surface area contributed by atoms with Crippen molar-refractivity contribution in [2.24, 2.45) is 0 Å². The van der Waals surface area contributed by atoms with Gasteiger partial charge in [0, 0.05) is 11.3 Å². The fourth-order valence-electron chi connectivity index (χ4n) is 3.05. The molecule has 0 radical (unpaired) electrons. The molecule has 3 rings (SSSR count). The smallest absolute Gasteiger partial charge is 0.416 e. The van der Waals surface area contributed by atoms with E-state index in [1.165, 1.54) is 12.1 Å². The van der Waals surface area contributed by atoms with E-state index in [4.69, 9.17) is 5.11 Å². The second-order valence-electron chi connectivity index (χ2n) is 5.36. The number of rotatable bonds is 2. The molecule has 4 nitrogen and oxygen atoms in total. The molecule has 0 spiro atoms. The number of carboxylic acid groups (broad SMARTS) is 1. The Labute approximate surface area is 124 Å². The van der Waals surface area contributed by atoms with Crippen LogP contribution in [0.3, 0.4) is 0 Å². The summed E-state index contributed by atoms with van der Waals surface area (Å²) in [7, 11) is 0. The van der Waals surface area contributed by atoms with Gasteiger partial charge in [-0.1, -0.05) is 18.2 Å². The van der Waals surface area contributed by atoms with Crippen LogP contribution in [0.25, 0.3) is 0 Å². The Morgan fingerprint density at radius 2 is 2.05 bits per heavy atom. The monoisotopic (exact) mass is 310 g/mol. The molecule has 1 atom stereocenters. The van der Waals surface area contributed by atoms with E-state index in [0.717, 1.165) is 6.07 Å². The molecule has 0 aliphatic heterocycles. The van der Waals surface area contributed by atoms with E-state index in [-0.39, 0.29) is 23.6 Å². The summed E-state index contributed by atoms with van der Waals surface area (Å²) in [4.78, 5) is 11.1. The average molecular weight is 310 g/mol. The van der Waals surface area contributed by atoms with Crippen LogP contribution in [-0.2, 0) is 19.0 Å². The van der Waals surface area contributed by atoms with Gasteiger partial charge in [0.25, 0.3) is 0 Å². The molecule has 0 fully saturated rings. The number of fused-ring (bicyclic) bond motifs is 1. The van der Waals surface area contributed by atoms with E-state index in [9.17, 15) is 18.0 Å². The van der Waals surface area contributed by atoms with Crippen molar-refractivity contribution in [1.82, 2.24) is 10.2 Å². The third-order valence-corrected chi connectivity index (χ3v) is 4.05. The van der Waals surface area contributed by atoms with Crippen molar-refractivity contribution in [2.45, 2.75) is 31.4 Å². The Morgan fingerprint density at radius 1 is 1.32 bits per heavy atom. The molecule has 0 saturated carbocycles. The normalized spacial score (nSPS) is 18.0. The van der Waals surface area contributed by atoms with Crippen LogP contribution in [-0.4, -0.2) is 21.3 Å². The van der Waals surface area contributed by atoms with Crippen molar-refractivity contribution in [3.63, 3.8) is 0 Å². The number of alkyl halides is 3. The largest absolute Gasteiger partial charge is 0.476 e. The number of aryl methyl sites for hydroxylation is 1. The number of H-pyrrole nitrogens is 1. The van der Waals surface area contributed by atoms with Crippen LogP contribution in [0.1, 0.15) is 45.2 Å². The van der Waals surface area contributed by atoms with Crippen molar-refractivity contribution in [3.05, 3.63) is 52.3 Å². The standard InChI is InChI=1S/C15H13F3N2O2/c16-15(17,18)11-4-2-1-3-9(11)8-5-6-12-10(7-8)13(14(21)22)20-19-12/h1-4,8H,5-7H2,(H,19,20)(H,21,22). The number of carbonyl (C=O) groups is 1. The molecule has 1 aromatic heterocycles. The van der Waals surface area contributed by atoms with Crippen LogP contribution in [0.5, 0.6) is 0 Å². The third-order valence-electron chi connectivity index (χ3n) is 4.05. The summed E-state index contributed by atoms with van der Waals surface area (Å²) in [5, 5.41) is 15.5. The van der Waals surface area contributed by atoms with Gasteiger partial charge in [0.15, 0.2) is 5.69 Å². The van der Waals surface area contributed by atoms with Gasteiger partial charge in [-0.25, -0.2) is 4.79 Å². The van der Waals surface area contributed by atoms with E-state index >= 15 is 0 Å². The number of aromatic amines is 1. The molecular weight excluding hydrogens is 297 g/mol. The SMILES string of the molecule is O=C(O)c1n[nH]c2c1CC(c1ccccc1C(F)(F)F)CC2. The second-order valence-corrected chi connectivity index (χ2v) is 5.36. The number of carboxylic acids is 1.